The van der Waals surface area contributed by atoms with Crippen molar-refractivity contribution in [2.24, 2.45) is 11.3 Å². The van der Waals surface area contributed by atoms with Gasteiger partial charge in [-0.15, -0.1) is 0 Å². The van der Waals surface area contributed by atoms with Gasteiger partial charge in [0.15, 0.2) is 29.2 Å². The lowest BCUT2D eigenvalue weighted by molar-refractivity contribution is -0.348. The molecule has 1 heterocycles. The van der Waals surface area contributed by atoms with Crippen LogP contribution in [0.2, 0.25) is 0 Å². The van der Waals surface area contributed by atoms with Crippen LogP contribution < -0.4 is 5.32 Å². The summed E-state index contributed by atoms with van der Waals surface area (Å²) in [4.78, 5) is 84.0. The van der Waals surface area contributed by atoms with E-state index in [9.17, 15) is 39.3 Å². The summed E-state index contributed by atoms with van der Waals surface area (Å²) in [7, 11) is 0. The van der Waals surface area contributed by atoms with Crippen molar-refractivity contribution in [3.63, 3.8) is 0 Å². The Kier molecular flexibility index (Phi) is 11.6. The van der Waals surface area contributed by atoms with Gasteiger partial charge in [-0.25, -0.2) is 9.59 Å². The summed E-state index contributed by atoms with van der Waals surface area (Å²) in [6.45, 7) is 6.07. The number of ether oxygens (including phenoxy) is 5. The molecule has 3 unspecified atom stereocenters. The second-order valence-corrected chi connectivity index (χ2v) is 16.7. The number of esters is 4. The first-order valence-electron chi connectivity index (χ1n) is 20.1. The van der Waals surface area contributed by atoms with Gasteiger partial charge >= 0.3 is 23.9 Å². The molecule has 7 rings (SSSR count). The maximum absolute atomic E-state index is 15.5. The monoisotopic (exact) mass is 839 g/mol. The van der Waals surface area contributed by atoms with Gasteiger partial charge in [0.05, 0.1) is 35.6 Å². The zero-order chi connectivity index (χ0) is 44.1. The van der Waals surface area contributed by atoms with Crippen LogP contribution in [0.4, 0.5) is 0 Å². The number of hydrogen-bond acceptors (Lipinski definition) is 14. The molecule has 2 bridgehead atoms. The number of ketones is 1. The van der Waals surface area contributed by atoms with Gasteiger partial charge < -0.3 is 44.3 Å². The fourth-order valence-electron chi connectivity index (χ4n) is 9.93. The van der Waals surface area contributed by atoms with Crippen molar-refractivity contribution in [1.82, 2.24) is 5.32 Å². The molecule has 2 saturated carbocycles. The van der Waals surface area contributed by atoms with E-state index in [1.165, 1.54) is 26.0 Å². The molecular formula is C46H49NO14. The van der Waals surface area contributed by atoms with Crippen LogP contribution in [-0.2, 0) is 42.9 Å². The van der Waals surface area contributed by atoms with E-state index in [2.05, 4.69) is 5.32 Å². The molecule has 4 aliphatic rings. The summed E-state index contributed by atoms with van der Waals surface area (Å²) in [6.07, 6.45) is -9.27. The Hall–Kier alpha value is -5.74. The van der Waals surface area contributed by atoms with E-state index in [1.807, 2.05) is 0 Å². The highest BCUT2D eigenvalue weighted by molar-refractivity contribution is 5.96. The number of carbonyl (C=O) groups excluding carboxylic acids is 6. The molecule has 0 radical (unpaired) electrons. The molecule has 1 amide bonds. The highest BCUT2D eigenvalue weighted by Crippen LogP contribution is 2.63. The van der Waals surface area contributed by atoms with Gasteiger partial charge in [-0.3, -0.25) is 19.2 Å². The lowest BCUT2D eigenvalue weighted by Gasteiger charge is -2.67. The average molecular weight is 840 g/mol. The molecule has 11 atom stereocenters. The quantitative estimate of drug-likeness (QED) is 0.131. The van der Waals surface area contributed by atoms with Gasteiger partial charge in [0.1, 0.15) is 17.8 Å². The molecule has 1 aliphatic heterocycles. The first kappa shape index (κ1) is 43.4. The smallest absolute Gasteiger partial charge is 0.338 e. The Bertz CT molecular complexity index is 2250. The SMILES string of the molecule is CC(=O)O[C@H]1C(=O)[C@@]2(C)C([C@H](OC(=O)c3ccccc3)[C@]3(O)CCC(C)=C1C3(C)OC(=O)[C@H](O)[C@@H](NC(=O)c1ccccc1)c1ccccc1)[C@]1(OC(C)=O)COC1C[C@@H]2O. The molecule has 3 fully saturated rings. The third-order valence-electron chi connectivity index (χ3n) is 13.0. The van der Waals surface area contributed by atoms with E-state index in [1.54, 1.807) is 85.8 Å². The zero-order valence-corrected chi connectivity index (χ0v) is 34.4. The summed E-state index contributed by atoms with van der Waals surface area (Å²) >= 11 is 0. The van der Waals surface area contributed by atoms with Crippen LogP contribution in [0.3, 0.4) is 0 Å². The second-order valence-electron chi connectivity index (χ2n) is 16.7. The molecule has 1 saturated heterocycles. The van der Waals surface area contributed by atoms with E-state index in [0.717, 1.165) is 13.8 Å². The van der Waals surface area contributed by atoms with Crippen LogP contribution in [0.25, 0.3) is 0 Å². The number of benzene rings is 3. The Morgan fingerprint density at radius 1 is 0.836 bits per heavy atom. The number of amides is 1. The predicted molar refractivity (Wildman–Crippen MR) is 213 cm³/mol. The first-order valence-corrected chi connectivity index (χ1v) is 20.1. The van der Waals surface area contributed by atoms with Crippen LogP contribution in [-0.4, -0.2) is 105 Å². The van der Waals surface area contributed by atoms with Crippen LogP contribution >= 0.6 is 0 Å². The molecule has 15 heteroatoms. The largest absolute Gasteiger partial charge is 0.455 e. The van der Waals surface area contributed by atoms with Crippen molar-refractivity contribution in [2.45, 2.75) is 107 Å². The topological polar surface area (TPSA) is 221 Å². The minimum Gasteiger partial charge on any atom is -0.455 e. The zero-order valence-electron chi connectivity index (χ0n) is 34.4. The molecule has 3 aliphatic carbocycles. The summed E-state index contributed by atoms with van der Waals surface area (Å²) in [5, 5.41) is 40.4. The molecule has 322 valence electrons. The molecule has 0 spiro atoms. The van der Waals surface area contributed by atoms with Crippen LogP contribution in [0.15, 0.2) is 102 Å². The standard InChI is InChI=1S/C46H49NO14/c1-25-21-22-46(56)39(59-41(54)30-19-13-8-14-20-30)37-43(4,31(50)23-32-45(37,24-57-32)60-27(3)49)38(52)36(58-26(2)48)33(25)44(46,5)61-42(55)35(51)34(28-15-9-6-10-16-28)47-40(53)29-17-11-7-12-18-29/h6-20,31-32,34-37,39,50-51,56H,21-24H2,1-5H3,(H,47,53)/t31-,32?,34-,35+,36+,37?,39-,43+,44?,45-,46+/m0/s1. The molecule has 61 heavy (non-hydrogen) atoms. The summed E-state index contributed by atoms with van der Waals surface area (Å²) in [5.41, 5.74) is -8.26. The molecule has 15 nitrogen and oxygen atoms in total. The number of carbonyl (C=O) groups is 6. The molecule has 3 aromatic carbocycles. The molecule has 0 aromatic heterocycles. The van der Waals surface area contributed by atoms with Crippen molar-refractivity contribution in [3.05, 3.63) is 119 Å². The lowest BCUT2D eigenvalue weighted by atomic mass is 9.46. The Morgan fingerprint density at radius 3 is 1.98 bits per heavy atom. The highest BCUT2D eigenvalue weighted by atomic mass is 16.6. The van der Waals surface area contributed by atoms with Crippen molar-refractivity contribution in [2.75, 3.05) is 6.61 Å². The minimum absolute atomic E-state index is 0.0157. The predicted octanol–water partition coefficient (Wildman–Crippen LogP) is 3.49. The number of hydrogen-bond donors (Lipinski definition) is 4. The van der Waals surface area contributed by atoms with Gasteiger partial charge in [0.2, 0.25) is 0 Å². The maximum Gasteiger partial charge on any atom is 0.338 e. The van der Waals surface area contributed by atoms with Crippen LogP contribution in [0.5, 0.6) is 0 Å². The molecular weight excluding hydrogens is 790 g/mol. The third-order valence-corrected chi connectivity index (χ3v) is 13.0. The van der Waals surface area contributed by atoms with Crippen molar-refractivity contribution >= 4 is 35.6 Å². The number of nitrogens with one attached hydrogen (secondary N) is 1. The molecule has 3 aromatic rings. The Morgan fingerprint density at radius 2 is 1.43 bits per heavy atom. The normalized spacial score (nSPS) is 32.5. The van der Waals surface area contributed by atoms with Crippen molar-refractivity contribution in [3.8, 4) is 0 Å². The van der Waals surface area contributed by atoms with Crippen molar-refractivity contribution in [1.29, 1.82) is 0 Å². The second kappa shape index (κ2) is 16.3. The van der Waals surface area contributed by atoms with Gasteiger partial charge in [-0.1, -0.05) is 72.3 Å². The van der Waals surface area contributed by atoms with Crippen LogP contribution in [0.1, 0.15) is 86.2 Å². The fourth-order valence-corrected chi connectivity index (χ4v) is 9.93. The Labute approximate surface area is 352 Å². The first-order chi connectivity index (χ1) is 28.9. The summed E-state index contributed by atoms with van der Waals surface area (Å²) in [5.74, 6) is -7.29. The van der Waals surface area contributed by atoms with E-state index in [0.29, 0.717) is 11.1 Å². The number of aliphatic hydroxyl groups excluding tert-OH is 2. The fraction of sp³-hybridized carbons (Fsp3) is 0.435. The third kappa shape index (κ3) is 7.22. The number of rotatable bonds is 10. The highest BCUT2D eigenvalue weighted by Gasteiger charge is 2.79. The van der Waals surface area contributed by atoms with Gasteiger partial charge in [-0.2, -0.15) is 0 Å². The number of allylic oxidation sites excluding steroid dienone is 1. The van der Waals surface area contributed by atoms with Gasteiger partial charge in [-0.05, 0) is 63.4 Å². The minimum atomic E-state index is -2.59. The van der Waals surface area contributed by atoms with Crippen molar-refractivity contribution < 1.29 is 67.8 Å². The van der Waals surface area contributed by atoms with Gasteiger partial charge in [0, 0.05) is 31.4 Å². The number of Topliss-reactive ketones (excluding diaryl/α,β-unsaturated/α-hetero) is 1. The summed E-state index contributed by atoms with van der Waals surface area (Å²) < 4.78 is 30.4. The Balaban J connectivity index is 1.43. The maximum atomic E-state index is 15.5. The average Bonchev–Trinajstić information content (AvgIpc) is 3.23. The summed E-state index contributed by atoms with van der Waals surface area (Å²) in [6, 6.07) is 22.5. The number of fused-ring (bicyclic) bond motifs is 5. The molecule has 4 N–H and O–H groups in total. The van der Waals surface area contributed by atoms with E-state index in [4.69, 9.17) is 23.7 Å². The van der Waals surface area contributed by atoms with E-state index in [-0.39, 0.29) is 42.6 Å². The van der Waals surface area contributed by atoms with Crippen LogP contribution in [0, 0.1) is 11.3 Å². The van der Waals surface area contributed by atoms with E-state index < -0.39 is 100 Å². The van der Waals surface area contributed by atoms with Gasteiger partial charge in [0.25, 0.3) is 5.91 Å². The van der Waals surface area contributed by atoms with E-state index >= 15 is 4.79 Å². The lowest BCUT2D eigenvalue weighted by Crippen LogP contribution is -2.83. The number of aliphatic hydroxyl groups is 3.